The zero-order valence-electron chi connectivity index (χ0n) is 17.2. The summed E-state index contributed by atoms with van der Waals surface area (Å²) in [4.78, 5) is 4.43. The summed E-state index contributed by atoms with van der Waals surface area (Å²) in [5.41, 5.74) is 6.54. The molecule has 0 spiro atoms. The fourth-order valence-corrected chi connectivity index (χ4v) is 3.57. The van der Waals surface area contributed by atoms with Crippen LogP contribution in [0.1, 0.15) is 34.4 Å². The van der Waals surface area contributed by atoms with Gasteiger partial charge in [-0.2, -0.15) is 5.26 Å². The van der Waals surface area contributed by atoms with Crippen molar-refractivity contribution in [3.8, 4) is 6.07 Å². The summed E-state index contributed by atoms with van der Waals surface area (Å²) in [6.45, 7) is 0.766. The van der Waals surface area contributed by atoms with Crippen molar-refractivity contribution in [2.75, 3.05) is 0 Å². The number of benzene rings is 3. The van der Waals surface area contributed by atoms with Gasteiger partial charge in [-0.05, 0) is 41.7 Å². The molecule has 31 heavy (non-hydrogen) atoms. The Morgan fingerprint density at radius 2 is 1.52 bits per heavy atom. The predicted octanol–water partition coefficient (Wildman–Crippen LogP) is 6.29. The summed E-state index contributed by atoms with van der Waals surface area (Å²) in [5, 5.41) is 9.15. The number of aryl methyl sites for hydroxylation is 1. The molecule has 0 radical (unpaired) electrons. The Balaban J connectivity index is 0.00000272. The van der Waals surface area contributed by atoms with E-state index in [-0.39, 0.29) is 12.4 Å². The van der Waals surface area contributed by atoms with Crippen LogP contribution in [-0.4, -0.2) is 9.55 Å². The summed E-state index contributed by atoms with van der Waals surface area (Å²) < 4.78 is 2.18. The van der Waals surface area contributed by atoms with Gasteiger partial charge in [0.25, 0.3) is 0 Å². The van der Waals surface area contributed by atoms with Gasteiger partial charge in [-0.25, -0.2) is 4.98 Å². The molecule has 154 valence electrons. The van der Waals surface area contributed by atoms with Crippen molar-refractivity contribution in [2.24, 2.45) is 0 Å². The van der Waals surface area contributed by atoms with Crippen LogP contribution in [0.2, 0.25) is 0 Å². The number of halogens is 1. The molecule has 1 aromatic heterocycles. The molecule has 0 amide bonds. The van der Waals surface area contributed by atoms with Crippen molar-refractivity contribution < 1.29 is 0 Å². The van der Waals surface area contributed by atoms with Gasteiger partial charge >= 0.3 is 0 Å². The molecule has 4 rings (SSSR count). The molecule has 0 aliphatic carbocycles. The SMILES string of the molecule is Cl.N#Cc1ccc(C(=CCCc2ccccc2)c2cncn2Cc2ccccc2)cc1. The van der Waals surface area contributed by atoms with E-state index in [2.05, 4.69) is 70.2 Å². The van der Waals surface area contributed by atoms with Gasteiger partial charge in [0.2, 0.25) is 0 Å². The summed E-state index contributed by atoms with van der Waals surface area (Å²) >= 11 is 0. The van der Waals surface area contributed by atoms with Crippen LogP contribution >= 0.6 is 12.4 Å². The summed E-state index contributed by atoms with van der Waals surface area (Å²) in [5.74, 6) is 0. The molecule has 0 aliphatic rings. The Morgan fingerprint density at radius 1 is 0.871 bits per heavy atom. The minimum absolute atomic E-state index is 0. The number of nitrogens with zero attached hydrogens (tertiary/aromatic N) is 3. The highest BCUT2D eigenvalue weighted by Gasteiger charge is 2.11. The summed E-state index contributed by atoms with van der Waals surface area (Å²) in [7, 11) is 0. The molecular weight excluding hydrogens is 402 g/mol. The number of aromatic nitrogens is 2. The molecule has 0 unspecified atom stereocenters. The smallest absolute Gasteiger partial charge is 0.0991 e. The van der Waals surface area contributed by atoms with E-state index in [1.165, 1.54) is 11.1 Å². The average Bonchev–Trinajstić information content (AvgIpc) is 3.26. The van der Waals surface area contributed by atoms with Gasteiger partial charge in [-0.1, -0.05) is 78.9 Å². The van der Waals surface area contributed by atoms with Crippen molar-refractivity contribution in [1.82, 2.24) is 9.55 Å². The van der Waals surface area contributed by atoms with Crippen LogP contribution in [0.5, 0.6) is 0 Å². The molecular formula is C27H24ClN3. The van der Waals surface area contributed by atoms with Gasteiger partial charge in [0.1, 0.15) is 0 Å². The van der Waals surface area contributed by atoms with Crippen LogP contribution in [0.15, 0.2) is 104 Å². The minimum Gasteiger partial charge on any atom is -0.326 e. The van der Waals surface area contributed by atoms with E-state index in [1.807, 2.05) is 48.9 Å². The van der Waals surface area contributed by atoms with Crippen molar-refractivity contribution >= 4 is 18.0 Å². The maximum absolute atomic E-state index is 9.15. The fourth-order valence-electron chi connectivity index (χ4n) is 3.57. The molecule has 3 aromatic carbocycles. The molecule has 4 aromatic rings. The lowest BCUT2D eigenvalue weighted by Crippen LogP contribution is -2.04. The van der Waals surface area contributed by atoms with E-state index < -0.39 is 0 Å². The molecule has 1 heterocycles. The first-order valence-electron chi connectivity index (χ1n) is 10.1. The lowest BCUT2D eigenvalue weighted by atomic mass is 9.99. The second-order valence-electron chi connectivity index (χ2n) is 7.22. The normalized spacial score (nSPS) is 10.9. The number of rotatable bonds is 7. The molecule has 0 saturated carbocycles. The Bertz CT molecular complexity index is 1150. The van der Waals surface area contributed by atoms with E-state index in [4.69, 9.17) is 5.26 Å². The monoisotopic (exact) mass is 425 g/mol. The Hall–Kier alpha value is -3.61. The van der Waals surface area contributed by atoms with E-state index >= 15 is 0 Å². The third-order valence-electron chi connectivity index (χ3n) is 5.13. The van der Waals surface area contributed by atoms with Gasteiger partial charge in [0.05, 0.1) is 29.9 Å². The van der Waals surface area contributed by atoms with Gasteiger partial charge < -0.3 is 4.57 Å². The zero-order chi connectivity index (χ0) is 20.6. The number of allylic oxidation sites excluding steroid dienone is 1. The third-order valence-corrected chi connectivity index (χ3v) is 5.13. The summed E-state index contributed by atoms with van der Waals surface area (Å²) in [6.07, 6.45) is 8.00. The second-order valence-corrected chi connectivity index (χ2v) is 7.22. The third kappa shape index (κ3) is 5.72. The predicted molar refractivity (Wildman–Crippen MR) is 128 cm³/mol. The van der Waals surface area contributed by atoms with Gasteiger partial charge in [-0.15, -0.1) is 12.4 Å². The highest BCUT2D eigenvalue weighted by atomic mass is 35.5. The first-order valence-corrected chi connectivity index (χ1v) is 10.1. The number of nitriles is 1. The van der Waals surface area contributed by atoms with E-state index in [0.717, 1.165) is 36.2 Å². The average molecular weight is 426 g/mol. The second kappa shape index (κ2) is 11.0. The quantitative estimate of drug-likeness (QED) is 0.349. The van der Waals surface area contributed by atoms with Crippen molar-refractivity contribution in [3.63, 3.8) is 0 Å². The van der Waals surface area contributed by atoms with E-state index in [0.29, 0.717) is 5.56 Å². The highest BCUT2D eigenvalue weighted by Crippen LogP contribution is 2.25. The van der Waals surface area contributed by atoms with Crippen molar-refractivity contribution in [1.29, 1.82) is 5.26 Å². The Morgan fingerprint density at radius 3 is 2.16 bits per heavy atom. The maximum Gasteiger partial charge on any atom is 0.0991 e. The largest absolute Gasteiger partial charge is 0.326 e. The molecule has 0 bridgehead atoms. The zero-order valence-corrected chi connectivity index (χ0v) is 18.0. The van der Waals surface area contributed by atoms with Crippen molar-refractivity contribution in [3.05, 3.63) is 131 Å². The topological polar surface area (TPSA) is 41.6 Å². The van der Waals surface area contributed by atoms with Crippen LogP contribution in [-0.2, 0) is 13.0 Å². The van der Waals surface area contributed by atoms with Crippen LogP contribution < -0.4 is 0 Å². The van der Waals surface area contributed by atoms with Crippen LogP contribution in [0, 0.1) is 11.3 Å². The lowest BCUT2D eigenvalue weighted by molar-refractivity contribution is 0.786. The van der Waals surface area contributed by atoms with Crippen molar-refractivity contribution in [2.45, 2.75) is 19.4 Å². The number of hydrogen-bond donors (Lipinski definition) is 0. The summed E-state index contributed by atoms with van der Waals surface area (Å²) in [6, 6.07) is 30.9. The fraction of sp³-hybridized carbons (Fsp3) is 0.111. The highest BCUT2D eigenvalue weighted by molar-refractivity contribution is 5.85. The first kappa shape index (κ1) is 22.1. The molecule has 0 aliphatic heterocycles. The Kier molecular flexibility index (Phi) is 7.81. The molecule has 4 heteroatoms. The van der Waals surface area contributed by atoms with Crippen LogP contribution in [0.3, 0.4) is 0 Å². The maximum atomic E-state index is 9.15. The van der Waals surface area contributed by atoms with E-state index in [9.17, 15) is 0 Å². The molecule has 3 nitrogen and oxygen atoms in total. The van der Waals surface area contributed by atoms with Gasteiger partial charge in [0.15, 0.2) is 0 Å². The number of hydrogen-bond acceptors (Lipinski definition) is 2. The molecule has 0 saturated heterocycles. The Labute approximate surface area is 189 Å². The minimum atomic E-state index is 0. The van der Waals surface area contributed by atoms with Gasteiger partial charge in [-0.3, -0.25) is 0 Å². The molecule has 0 atom stereocenters. The van der Waals surface area contributed by atoms with E-state index in [1.54, 1.807) is 0 Å². The lowest BCUT2D eigenvalue weighted by Gasteiger charge is -2.13. The standard InChI is InChI=1S/C27H23N3.ClH/c28-18-23-14-16-25(17-15-23)26(13-7-12-22-8-3-1-4-9-22)27-19-29-21-30(27)20-24-10-5-2-6-11-24;/h1-6,8-11,13-17,19,21H,7,12,20H2;1H. The number of imidazole rings is 1. The molecule has 0 fully saturated rings. The first-order chi connectivity index (χ1) is 14.8. The molecule has 0 N–H and O–H groups in total. The van der Waals surface area contributed by atoms with Crippen LogP contribution in [0.4, 0.5) is 0 Å². The van der Waals surface area contributed by atoms with Crippen LogP contribution in [0.25, 0.3) is 5.57 Å². The van der Waals surface area contributed by atoms with Gasteiger partial charge in [0, 0.05) is 12.1 Å².